The van der Waals surface area contributed by atoms with Gasteiger partial charge in [0.15, 0.2) is 0 Å². The van der Waals surface area contributed by atoms with E-state index in [1.54, 1.807) is 0 Å². The van der Waals surface area contributed by atoms with Crippen molar-refractivity contribution in [1.29, 1.82) is 0 Å². The maximum Gasteiger partial charge on any atom is 0.324 e. The number of carbonyl (C=O) groups is 1. The van der Waals surface area contributed by atoms with Crippen molar-refractivity contribution in [3.05, 3.63) is 0 Å². The largest absolute Gasteiger partial charge is 0.480 e. The predicted molar refractivity (Wildman–Crippen MR) is 79.8 cm³/mol. The lowest BCUT2D eigenvalue weighted by atomic mass is 9.73. The number of unbranched alkanes of at least 4 members (excludes halogenated alkanes) is 1. The van der Waals surface area contributed by atoms with Gasteiger partial charge in [0.2, 0.25) is 0 Å². The number of nitrogens with two attached hydrogens (primary N) is 1. The van der Waals surface area contributed by atoms with E-state index in [0.29, 0.717) is 5.92 Å². The Balaban J connectivity index is 2.06. The van der Waals surface area contributed by atoms with Crippen LogP contribution in [0.4, 0.5) is 0 Å². The van der Waals surface area contributed by atoms with Crippen LogP contribution in [0.25, 0.3) is 0 Å². The molecule has 2 fully saturated rings. The van der Waals surface area contributed by atoms with Crippen LogP contribution < -0.4 is 5.73 Å². The van der Waals surface area contributed by atoms with Gasteiger partial charge in [0, 0.05) is 12.0 Å². The lowest BCUT2D eigenvalue weighted by Crippen LogP contribution is -2.60. The molecule has 2 saturated carbocycles. The molecule has 0 saturated heterocycles. The number of aliphatic carboxylic acids is 1. The number of fused-ring (bicyclic) bond motifs is 1. The monoisotopic (exact) mass is 282 g/mol. The van der Waals surface area contributed by atoms with E-state index in [-0.39, 0.29) is 18.8 Å². The van der Waals surface area contributed by atoms with Gasteiger partial charge < -0.3 is 20.8 Å². The predicted octanol–water partition coefficient (Wildman–Crippen LogP) is 0.289. The minimum Gasteiger partial charge on any atom is -0.480 e. The van der Waals surface area contributed by atoms with Crippen LogP contribution in [-0.2, 0) is 4.79 Å². The maximum absolute atomic E-state index is 11.9. The SMILES string of the molecule is CN(C)C[C@@]12C[C@@H]1CC(CCCCBO)C2(N)C(=O)O. The molecule has 0 radical (unpaired) electrons. The van der Waals surface area contributed by atoms with Gasteiger partial charge in [-0.1, -0.05) is 19.2 Å². The van der Waals surface area contributed by atoms with Crippen LogP contribution in [0.15, 0.2) is 0 Å². The van der Waals surface area contributed by atoms with Gasteiger partial charge in [-0.05, 0) is 45.2 Å². The number of carboxylic acids is 1. The molecule has 2 rings (SSSR count). The molecule has 0 aromatic rings. The summed E-state index contributed by atoms with van der Waals surface area (Å²) in [6, 6.07) is 0. The van der Waals surface area contributed by atoms with Gasteiger partial charge in [0.1, 0.15) is 5.54 Å². The van der Waals surface area contributed by atoms with Crippen LogP contribution >= 0.6 is 0 Å². The lowest BCUT2D eigenvalue weighted by molar-refractivity contribution is -0.148. The molecule has 2 aliphatic rings. The molecule has 2 aliphatic carbocycles. The fraction of sp³-hybridized carbons (Fsp3) is 0.929. The average Bonchev–Trinajstić information content (AvgIpc) is 2.99. The maximum atomic E-state index is 11.9. The number of rotatable bonds is 8. The van der Waals surface area contributed by atoms with E-state index in [1.165, 1.54) is 0 Å². The highest BCUT2D eigenvalue weighted by Crippen LogP contribution is 2.70. The molecule has 0 aromatic heterocycles. The Morgan fingerprint density at radius 3 is 2.70 bits per heavy atom. The number of carboxylic acid groups (broad SMARTS) is 1. The molecule has 4 atom stereocenters. The highest BCUT2D eigenvalue weighted by molar-refractivity contribution is 6.25. The van der Waals surface area contributed by atoms with Gasteiger partial charge >= 0.3 is 5.97 Å². The van der Waals surface area contributed by atoms with Crippen molar-refractivity contribution in [1.82, 2.24) is 4.90 Å². The van der Waals surface area contributed by atoms with Crippen molar-refractivity contribution in [3.8, 4) is 0 Å². The molecule has 0 amide bonds. The fourth-order valence-electron chi connectivity index (χ4n) is 4.43. The first-order valence-corrected chi connectivity index (χ1v) is 7.66. The van der Waals surface area contributed by atoms with E-state index in [9.17, 15) is 9.90 Å². The molecule has 4 N–H and O–H groups in total. The van der Waals surface area contributed by atoms with Crippen LogP contribution in [0, 0.1) is 17.3 Å². The Morgan fingerprint density at radius 2 is 2.15 bits per heavy atom. The van der Waals surface area contributed by atoms with Gasteiger partial charge in [-0.2, -0.15) is 0 Å². The van der Waals surface area contributed by atoms with E-state index in [4.69, 9.17) is 10.8 Å². The summed E-state index contributed by atoms with van der Waals surface area (Å²) < 4.78 is 0. The molecular weight excluding hydrogens is 255 g/mol. The topological polar surface area (TPSA) is 86.8 Å². The van der Waals surface area contributed by atoms with E-state index in [1.807, 2.05) is 14.1 Å². The third-order valence-electron chi connectivity index (χ3n) is 5.43. The summed E-state index contributed by atoms with van der Waals surface area (Å²) in [5, 5.41) is 18.6. The summed E-state index contributed by atoms with van der Waals surface area (Å²) in [4.78, 5) is 13.9. The first-order valence-electron chi connectivity index (χ1n) is 7.66. The second-order valence-corrected chi connectivity index (χ2v) is 6.97. The Bertz CT molecular complexity index is 379. The quantitative estimate of drug-likeness (QED) is 0.440. The summed E-state index contributed by atoms with van der Waals surface area (Å²) >= 11 is 0. The molecule has 0 aromatic carbocycles. The van der Waals surface area contributed by atoms with Crippen molar-refractivity contribution in [2.24, 2.45) is 23.0 Å². The summed E-state index contributed by atoms with van der Waals surface area (Å²) in [5.74, 6) is -0.266. The van der Waals surface area contributed by atoms with E-state index in [2.05, 4.69) is 4.90 Å². The summed E-state index contributed by atoms with van der Waals surface area (Å²) in [7, 11) is 4.19. The zero-order chi connectivity index (χ0) is 15.0. The van der Waals surface area contributed by atoms with Gasteiger partial charge in [0.05, 0.1) is 0 Å². The number of nitrogens with zero attached hydrogens (tertiary/aromatic N) is 1. The van der Waals surface area contributed by atoms with E-state index < -0.39 is 11.5 Å². The third kappa shape index (κ3) is 2.38. The number of hydrogen-bond donors (Lipinski definition) is 3. The molecule has 114 valence electrons. The van der Waals surface area contributed by atoms with Crippen molar-refractivity contribution in [2.75, 3.05) is 20.6 Å². The average molecular weight is 282 g/mol. The molecular formula is C14H27BN2O3. The van der Waals surface area contributed by atoms with Crippen LogP contribution in [0.5, 0.6) is 0 Å². The smallest absolute Gasteiger partial charge is 0.324 e. The van der Waals surface area contributed by atoms with Gasteiger partial charge in [-0.3, -0.25) is 4.79 Å². The first kappa shape index (κ1) is 15.8. The molecule has 20 heavy (non-hydrogen) atoms. The summed E-state index contributed by atoms with van der Waals surface area (Å²) in [6.45, 7) is 0.771. The number of hydrogen-bond acceptors (Lipinski definition) is 4. The van der Waals surface area contributed by atoms with Crippen molar-refractivity contribution >= 4 is 13.5 Å². The zero-order valence-electron chi connectivity index (χ0n) is 12.6. The van der Waals surface area contributed by atoms with Crippen LogP contribution in [0.3, 0.4) is 0 Å². The standard InChI is InChI=1S/C14H27BN2O3/c1-17(2)9-13-8-11(13)7-10(5-3-4-6-15-20)14(13,16)12(18)19/h10-11,15,20H,3-9,16H2,1-2H3,(H,18,19)/t10?,11-,13-,14?/m0/s1. The highest BCUT2D eigenvalue weighted by atomic mass is 16.4. The summed E-state index contributed by atoms with van der Waals surface area (Å²) in [6.07, 6.45) is 5.49. The molecule has 0 bridgehead atoms. The molecule has 5 nitrogen and oxygen atoms in total. The molecule has 2 unspecified atom stereocenters. The Hall–Kier alpha value is -0.585. The van der Waals surface area contributed by atoms with Crippen LogP contribution in [-0.4, -0.2) is 54.7 Å². The Labute approximate surface area is 121 Å². The minimum absolute atomic E-state index is 0.0809. The lowest BCUT2D eigenvalue weighted by Gasteiger charge is -2.37. The van der Waals surface area contributed by atoms with Gasteiger partial charge in [-0.15, -0.1) is 0 Å². The third-order valence-corrected chi connectivity index (χ3v) is 5.43. The van der Waals surface area contributed by atoms with E-state index >= 15 is 0 Å². The molecule has 6 heteroatoms. The summed E-state index contributed by atoms with van der Waals surface area (Å²) in [5.41, 5.74) is 5.17. The Kier molecular flexibility index (Phi) is 4.47. The van der Waals surface area contributed by atoms with Crippen molar-refractivity contribution < 1.29 is 14.9 Å². The first-order chi connectivity index (χ1) is 9.38. The van der Waals surface area contributed by atoms with Crippen molar-refractivity contribution in [3.63, 3.8) is 0 Å². The zero-order valence-corrected chi connectivity index (χ0v) is 12.6. The molecule has 0 heterocycles. The highest BCUT2D eigenvalue weighted by Gasteiger charge is 2.75. The Morgan fingerprint density at radius 1 is 1.45 bits per heavy atom. The molecule has 0 aliphatic heterocycles. The second-order valence-electron chi connectivity index (χ2n) is 6.97. The normalized spacial score (nSPS) is 38.9. The van der Waals surface area contributed by atoms with Crippen LogP contribution in [0.2, 0.25) is 6.32 Å². The van der Waals surface area contributed by atoms with E-state index in [0.717, 1.165) is 45.0 Å². The second kappa shape index (κ2) is 5.66. The van der Waals surface area contributed by atoms with Crippen molar-refractivity contribution in [2.45, 2.75) is 44.0 Å². The van der Waals surface area contributed by atoms with Gasteiger partial charge in [-0.25, -0.2) is 0 Å². The van der Waals surface area contributed by atoms with Crippen LogP contribution in [0.1, 0.15) is 32.1 Å². The minimum atomic E-state index is -1.07. The molecule has 0 spiro atoms. The van der Waals surface area contributed by atoms with Gasteiger partial charge in [0.25, 0.3) is 7.48 Å². The fourth-order valence-corrected chi connectivity index (χ4v) is 4.43.